The normalized spacial score (nSPS) is 15.5. The second kappa shape index (κ2) is 11.3. The number of carboxylic acids is 1. The fourth-order valence-electron chi connectivity index (χ4n) is 1.91. The van der Waals surface area contributed by atoms with Gasteiger partial charge in [-0.05, 0) is 19.3 Å². The van der Waals surface area contributed by atoms with Gasteiger partial charge < -0.3 is 40.4 Å². The lowest BCUT2D eigenvalue weighted by Crippen LogP contribution is -2.53. The number of aliphatic carboxylic acids is 1. The average molecular weight is 368 g/mol. The highest BCUT2D eigenvalue weighted by Crippen LogP contribution is 2.11. The van der Waals surface area contributed by atoms with Crippen LogP contribution in [0.15, 0.2) is 0 Å². The molecule has 10 N–H and O–H groups in total. The summed E-state index contributed by atoms with van der Waals surface area (Å²) in [6.45, 7) is 2.34. The van der Waals surface area contributed by atoms with E-state index in [-0.39, 0.29) is 19.0 Å². The van der Waals surface area contributed by atoms with Crippen molar-refractivity contribution in [3.8, 4) is 0 Å². The van der Waals surface area contributed by atoms with Crippen LogP contribution in [0.3, 0.4) is 0 Å². The molecule has 0 aromatic rings. The summed E-state index contributed by atoms with van der Waals surface area (Å²) in [5.41, 5.74) is 5.12. The third kappa shape index (κ3) is 11.3. The number of nitrogens with two attached hydrogens (primary N) is 1. The predicted molar refractivity (Wildman–Crippen MR) is 87.0 cm³/mol. The molecule has 0 aromatic carbocycles. The molecule has 3 atom stereocenters. The second-order valence-corrected chi connectivity index (χ2v) is 7.33. The summed E-state index contributed by atoms with van der Waals surface area (Å²) >= 11 is 0. The minimum Gasteiger partial charge on any atom is -0.480 e. The zero-order chi connectivity index (χ0) is 18.8. The van der Waals surface area contributed by atoms with Crippen LogP contribution in [0.2, 0.25) is 6.04 Å². The van der Waals surface area contributed by atoms with Crippen molar-refractivity contribution in [2.75, 3.05) is 13.2 Å². The number of nitrogens with one attached hydrogen (secondary N) is 3. The molecule has 0 amide bonds. The van der Waals surface area contributed by atoms with Crippen molar-refractivity contribution in [2.24, 2.45) is 5.73 Å². The SMILES string of the molecule is CCCOC(NC(CCCNC(=N)N)C(=O)O)C(O)C[Si](O)(O)O. The first-order valence-corrected chi connectivity index (χ1v) is 9.65. The molecule has 0 aliphatic rings. The highest BCUT2D eigenvalue weighted by atomic mass is 28.4. The molecule has 12 heteroatoms. The van der Waals surface area contributed by atoms with Crippen molar-refractivity contribution in [2.45, 2.75) is 50.6 Å². The van der Waals surface area contributed by atoms with Gasteiger partial charge in [-0.15, -0.1) is 0 Å². The Morgan fingerprint density at radius 3 is 2.46 bits per heavy atom. The molecule has 0 rings (SSSR count). The van der Waals surface area contributed by atoms with Gasteiger partial charge in [-0.2, -0.15) is 0 Å². The summed E-state index contributed by atoms with van der Waals surface area (Å²) in [5.74, 6) is -1.39. The van der Waals surface area contributed by atoms with Gasteiger partial charge in [0.05, 0.1) is 6.10 Å². The van der Waals surface area contributed by atoms with E-state index < -0.39 is 39.2 Å². The quantitative estimate of drug-likeness (QED) is 0.0542. The third-order valence-corrected chi connectivity index (χ3v) is 3.95. The topological polar surface area (TPSA) is 201 Å². The van der Waals surface area contributed by atoms with Crippen molar-refractivity contribution in [1.29, 1.82) is 5.41 Å². The molecule has 0 spiro atoms. The van der Waals surface area contributed by atoms with Crippen molar-refractivity contribution in [1.82, 2.24) is 10.6 Å². The minimum absolute atomic E-state index is 0.161. The monoisotopic (exact) mass is 368 g/mol. The van der Waals surface area contributed by atoms with Gasteiger partial charge in [0, 0.05) is 19.2 Å². The first-order valence-electron chi connectivity index (χ1n) is 7.60. The summed E-state index contributed by atoms with van der Waals surface area (Å²) in [6, 6.07) is -1.77. The van der Waals surface area contributed by atoms with Gasteiger partial charge in [0.1, 0.15) is 12.3 Å². The maximum Gasteiger partial charge on any atom is 0.495 e. The van der Waals surface area contributed by atoms with Crippen LogP contribution in [0, 0.1) is 5.41 Å². The van der Waals surface area contributed by atoms with Crippen LogP contribution >= 0.6 is 0 Å². The van der Waals surface area contributed by atoms with Crippen LogP contribution in [-0.4, -0.2) is 76.9 Å². The highest BCUT2D eigenvalue weighted by molar-refractivity contribution is 6.56. The molecule has 0 saturated carbocycles. The second-order valence-electron chi connectivity index (χ2n) is 5.38. The van der Waals surface area contributed by atoms with E-state index >= 15 is 0 Å². The number of ether oxygens (including phenoxy) is 1. The number of aliphatic hydroxyl groups is 1. The van der Waals surface area contributed by atoms with Gasteiger partial charge in [0.2, 0.25) is 0 Å². The van der Waals surface area contributed by atoms with E-state index in [0.717, 1.165) is 0 Å². The Kier molecular flexibility index (Phi) is 10.7. The number of hydrogen-bond acceptors (Lipinski definition) is 8. The number of rotatable bonds is 13. The molecular formula is C12H28N4O7Si. The van der Waals surface area contributed by atoms with Gasteiger partial charge in [0.25, 0.3) is 0 Å². The smallest absolute Gasteiger partial charge is 0.480 e. The number of carbonyl (C=O) groups is 1. The largest absolute Gasteiger partial charge is 0.495 e. The molecule has 0 aromatic heterocycles. The molecule has 0 radical (unpaired) electrons. The molecular weight excluding hydrogens is 340 g/mol. The lowest BCUT2D eigenvalue weighted by molar-refractivity contribution is -0.142. The summed E-state index contributed by atoms with van der Waals surface area (Å²) in [6.07, 6.45) is -1.51. The molecule has 24 heavy (non-hydrogen) atoms. The summed E-state index contributed by atoms with van der Waals surface area (Å²) in [4.78, 5) is 38.6. The van der Waals surface area contributed by atoms with E-state index in [9.17, 15) is 15.0 Å². The van der Waals surface area contributed by atoms with Gasteiger partial charge >= 0.3 is 14.8 Å². The molecule has 0 heterocycles. The van der Waals surface area contributed by atoms with E-state index in [0.29, 0.717) is 19.4 Å². The molecule has 0 aliphatic heterocycles. The fraction of sp³-hybridized carbons (Fsp3) is 0.833. The third-order valence-electron chi connectivity index (χ3n) is 2.98. The highest BCUT2D eigenvalue weighted by Gasteiger charge is 2.36. The van der Waals surface area contributed by atoms with Crippen molar-refractivity contribution in [3.05, 3.63) is 0 Å². The van der Waals surface area contributed by atoms with E-state index in [4.69, 9.17) is 30.3 Å². The standard InChI is InChI=1S/C12H28N4O7Si/c1-2-6-23-10(9(17)7-24(20,21)22)16-8(11(18)19)4-3-5-15-12(13)14/h8-10,16-17,20-22H,2-7H2,1H3,(H,18,19)(H4,13,14,15). The Balaban J connectivity index is 4.71. The Morgan fingerprint density at radius 1 is 1.38 bits per heavy atom. The van der Waals surface area contributed by atoms with Crippen LogP contribution in [-0.2, 0) is 9.53 Å². The average Bonchev–Trinajstić information content (AvgIpc) is 2.42. The van der Waals surface area contributed by atoms with Crippen LogP contribution < -0.4 is 16.4 Å². The Labute approximate surface area is 141 Å². The van der Waals surface area contributed by atoms with Crippen molar-refractivity contribution in [3.63, 3.8) is 0 Å². The molecule has 0 fully saturated rings. The Hall–Kier alpha value is -1.28. The Bertz CT molecular complexity index is 394. The lowest BCUT2D eigenvalue weighted by atomic mass is 10.1. The first kappa shape index (κ1) is 22.7. The summed E-state index contributed by atoms with van der Waals surface area (Å²) in [5, 5.41) is 31.4. The molecule has 3 unspecified atom stereocenters. The zero-order valence-electron chi connectivity index (χ0n) is 13.6. The number of carboxylic acid groups (broad SMARTS) is 1. The number of guanidine groups is 1. The van der Waals surface area contributed by atoms with E-state index in [1.54, 1.807) is 0 Å². The van der Waals surface area contributed by atoms with Crippen LogP contribution in [0.25, 0.3) is 0 Å². The van der Waals surface area contributed by atoms with Gasteiger partial charge in [0.15, 0.2) is 5.96 Å². The molecule has 0 aliphatic carbocycles. The predicted octanol–water partition coefficient (Wildman–Crippen LogP) is -2.68. The number of hydrogen-bond donors (Lipinski definition) is 9. The summed E-state index contributed by atoms with van der Waals surface area (Å²) < 4.78 is 5.32. The lowest BCUT2D eigenvalue weighted by Gasteiger charge is -2.28. The van der Waals surface area contributed by atoms with Gasteiger partial charge in [-0.25, -0.2) is 0 Å². The van der Waals surface area contributed by atoms with E-state index in [1.807, 2.05) is 6.92 Å². The fourth-order valence-corrected chi connectivity index (χ4v) is 2.68. The van der Waals surface area contributed by atoms with Crippen molar-refractivity contribution < 1.29 is 34.1 Å². The molecule has 0 bridgehead atoms. The van der Waals surface area contributed by atoms with Gasteiger partial charge in [-0.3, -0.25) is 15.5 Å². The Morgan fingerprint density at radius 2 is 2.00 bits per heavy atom. The molecule has 0 saturated heterocycles. The minimum atomic E-state index is -4.51. The van der Waals surface area contributed by atoms with Crippen LogP contribution in [0.5, 0.6) is 0 Å². The van der Waals surface area contributed by atoms with Crippen LogP contribution in [0.1, 0.15) is 26.2 Å². The maximum absolute atomic E-state index is 11.3. The van der Waals surface area contributed by atoms with Crippen LogP contribution in [0.4, 0.5) is 0 Å². The van der Waals surface area contributed by atoms with Gasteiger partial charge in [-0.1, -0.05) is 6.92 Å². The van der Waals surface area contributed by atoms with Crippen molar-refractivity contribution >= 4 is 20.7 Å². The zero-order valence-corrected chi connectivity index (χ0v) is 14.6. The first-order chi connectivity index (χ1) is 11.1. The van der Waals surface area contributed by atoms with E-state index in [1.165, 1.54) is 0 Å². The molecule has 11 nitrogen and oxygen atoms in total. The molecule has 142 valence electrons. The number of aliphatic hydroxyl groups excluding tert-OH is 1. The summed E-state index contributed by atoms with van der Waals surface area (Å²) in [7, 11) is -4.51. The maximum atomic E-state index is 11.3. The van der Waals surface area contributed by atoms with E-state index in [2.05, 4.69) is 10.6 Å².